The molecule has 0 saturated carbocycles. The number of rotatable bonds is 2. The third-order valence-corrected chi connectivity index (χ3v) is 9.35. The molecule has 0 amide bonds. The molecule has 1 aliphatic rings. The van der Waals surface area contributed by atoms with E-state index < -0.39 is 19.7 Å². The monoisotopic (exact) mass is 462 g/mol. The summed E-state index contributed by atoms with van der Waals surface area (Å²) < 4.78 is 49.1. The zero-order chi connectivity index (χ0) is 22.9. The number of sulfone groups is 2. The lowest BCUT2D eigenvalue weighted by atomic mass is 10.1. The van der Waals surface area contributed by atoms with Crippen LogP contribution in [0.5, 0.6) is 0 Å². The van der Waals surface area contributed by atoms with E-state index in [1.54, 1.807) is 48.5 Å². The first kappa shape index (κ1) is 22.0. The zero-order valence-electron chi connectivity index (χ0n) is 17.7. The highest BCUT2D eigenvalue weighted by Crippen LogP contribution is 2.42. The molecule has 0 aliphatic carbocycles. The van der Waals surface area contributed by atoms with Crippen molar-refractivity contribution in [2.75, 3.05) is 0 Å². The summed E-state index contributed by atoms with van der Waals surface area (Å²) in [5.74, 6) is 0. The molecule has 4 aromatic carbocycles. The standard InChI is InChI=1S/C14H14O2S.C12H8O2S/c1-11-7-3-5-9-13(11)17(15,16)14-10-6-4-8-12(14)2;13-15(14)11-7-3-1-5-9(11)10-6-2-4-8-12(10)15/h3-10H,1-2H3;1-8H. The van der Waals surface area contributed by atoms with Gasteiger partial charge in [0.2, 0.25) is 19.7 Å². The van der Waals surface area contributed by atoms with E-state index in [1.807, 2.05) is 62.4 Å². The predicted molar refractivity (Wildman–Crippen MR) is 125 cm³/mol. The molecule has 1 heterocycles. The molecule has 32 heavy (non-hydrogen) atoms. The van der Waals surface area contributed by atoms with Gasteiger partial charge in [0.15, 0.2) is 0 Å². The fourth-order valence-corrected chi connectivity index (χ4v) is 7.22. The van der Waals surface area contributed by atoms with Gasteiger partial charge >= 0.3 is 0 Å². The summed E-state index contributed by atoms with van der Waals surface area (Å²) in [6.07, 6.45) is 0. The highest BCUT2D eigenvalue weighted by Gasteiger charge is 2.31. The molecule has 0 fully saturated rings. The predicted octanol–water partition coefficient (Wildman–Crippen LogP) is 5.64. The van der Waals surface area contributed by atoms with Gasteiger partial charge < -0.3 is 0 Å². The lowest BCUT2D eigenvalue weighted by molar-refractivity contribution is 0.594. The molecule has 0 saturated heterocycles. The first-order valence-corrected chi connectivity index (χ1v) is 13.0. The Balaban J connectivity index is 0.000000154. The number of benzene rings is 4. The third-order valence-electron chi connectivity index (χ3n) is 5.41. The second-order valence-corrected chi connectivity index (χ2v) is 11.3. The van der Waals surface area contributed by atoms with Crippen LogP contribution in [-0.2, 0) is 19.7 Å². The van der Waals surface area contributed by atoms with Crippen molar-refractivity contribution < 1.29 is 16.8 Å². The third kappa shape index (κ3) is 3.76. The Kier molecular flexibility index (Phi) is 5.75. The SMILES string of the molecule is Cc1ccccc1S(=O)(=O)c1ccccc1C.O=S1(=O)c2ccccc2-c2ccccc21. The van der Waals surface area contributed by atoms with Crippen molar-refractivity contribution in [1.82, 2.24) is 0 Å². The Labute approximate surface area is 189 Å². The number of hydrogen-bond acceptors (Lipinski definition) is 4. The van der Waals surface area contributed by atoms with E-state index in [0.717, 1.165) is 22.3 Å². The lowest BCUT2D eigenvalue weighted by Crippen LogP contribution is -2.05. The van der Waals surface area contributed by atoms with Crippen molar-refractivity contribution in [3.8, 4) is 11.1 Å². The van der Waals surface area contributed by atoms with Gasteiger partial charge in [-0.1, -0.05) is 72.8 Å². The highest BCUT2D eigenvalue weighted by atomic mass is 32.2. The minimum absolute atomic E-state index is 0.384. The summed E-state index contributed by atoms with van der Waals surface area (Å²) in [6.45, 7) is 3.62. The van der Waals surface area contributed by atoms with Crippen LogP contribution in [0.2, 0.25) is 0 Å². The van der Waals surface area contributed by atoms with E-state index in [-0.39, 0.29) is 0 Å². The van der Waals surface area contributed by atoms with E-state index >= 15 is 0 Å². The molecule has 4 aromatic rings. The van der Waals surface area contributed by atoms with Crippen LogP contribution in [0.15, 0.2) is 117 Å². The molecule has 4 nitrogen and oxygen atoms in total. The van der Waals surface area contributed by atoms with Crippen LogP contribution in [0, 0.1) is 13.8 Å². The molecule has 0 bridgehead atoms. The first-order chi connectivity index (χ1) is 15.2. The largest absolute Gasteiger partial charge is 0.218 e. The molecule has 0 spiro atoms. The maximum Gasteiger partial charge on any atom is 0.207 e. The molecular weight excluding hydrogens is 440 g/mol. The molecule has 162 valence electrons. The topological polar surface area (TPSA) is 68.3 Å². The van der Waals surface area contributed by atoms with Crippen LogP contribution in [0.25, 0.3) is 11.1 Å². The fourth-order valence-electron chi connectivity index (χ4n) is 3.80. The van der Waals surface area contributed by atoms with Gasteiger partial charge in [-0.2, -0.15) is 0 Å². The van der Waals surface area contributed by atoms with Crippen molar-refractivity contribution in [3.05, 3.63) is 108 Å². The average molecular weight is 463 g/mol. The van der Waals surface area contributed by atoms with Crippen LogP contribution >= 0.6 is 0 Å². The fraction of sp³-hybridized carbons (Fsp3) is 0.0769. The van der Waals surface area contributed by atoms with E-state index in [1.165, 1.54) is 0 Å². The number of fused-ring (bicyclic) bond motifs is 3. The summed E-state index contributed by atoms with van der Waals surface area (Å²) >= 11 is 0. The Morgan fingerprint density at radius 2 is 0.875 bits per heavy atom. The molecule has 6 heteroatoms. The Bertz CT molecular complexity index is 1420. The second-order valence-electron chi connectivity index (χ2n) is 7.53. The number of hydrogen-bond donors (Lipinski definition) is 0. The minimum Gasteiger partial charge on any atom is -0.218 e. The van der Waals surface area contributed by atoms with Gasteiger partial charge in [0.1, 0.15) is 0 Å². The average Bonchev–Trinajstić information content (AvgIpc) is 3.02. The quantitative estimate of drug-likeness (QED) is 0.341. The van der Waals surface area contributed by atoms with Crippen LogP contribution in [0.1, 0.15) is 11.1 Å². The van der Waals surface area contributed by atoms with Gasteiger partial charge in [-0.15, -0.1) is 0 Å². The Morgan fingerprint density at radius 1 is 0.531 bits per heavy atom. The normalized spacial score (nSPS) is 13.4. The van der Waals surface area contributed by atoms with Crippen LogP contribution in [0.4, 0.5) is 0 Å². The van der Waals surface area contributed by atoms with Crippen LogP contribution in [0.3, 0.4) is 0 Å². The van der Waals surface area contributed by atoms with Crippen molar-refractivity contribution in [2.24, 2.45) is 0 Å². The smallest absolute Gasteiger partial charge is 0.207 e. The van der Waals surface area contributed by atoms with Crippen molar-refractivity contribution in [2.45, 2.75) is 33.4 Å². The van der Waals surface area contributed by atoms with E-state index in [0.29, 0.717) is 19.6 Å². The summed E-state index contributed by atoms with van der Waals surface area (Å²) in [5, 5.41) is 0. The van der Waals surface area contributed by atoms with Crippen molar-refractivity contribution in [1.29, 1.82) is 0 Å². The number of aryl methyl sites for hydroxylation is 2. The second kappa shape index (κ2) is 8.37. The summed E-state index contributed by atoms with van der Waals surface area (Å²) in [7, 11) is -6.67. The molecule has 0 atom stereocenters. The van der Waals surface area contributed by atoms with Gasteiger partial charge in [0, 0.05) is 11.1 Å². The molecule has 1 aliphatic heterocycles. The summed E-state index contributed by atoms with van der Waals surface area (Å²) in [4.78, 5) is 1.61. The summed E-state index contributed by atoms with van der Waals surface area (Å²) in [6, 6.07) is 28.3. The van der Waals surface area contributed by atoms with Gasteiger partial charge in [0.25, 0.3) is 0 Å². The van der Waals surface area contributed by atoms with E-state index in [2.05, 4.69) is 0 Å². The van der Waals surface area contributed by atoms with Crippen LogP contribution < -0.4 is 0 Å². The molecule has 0 N–H and O–H groups in total. The maximum atomic E-state index is 12.5. The zero-order valence-corrected chi connectivity index (χ0v) is 19.3. The minimum atomic E-state index is -3.40. The molecule has 0 aromatic heterocycles. The molecule has 0 radical (unpaired) electrons. The Morgan fingerprint density at radius 3 is 1.28 bits per heavy atom. The van der Waals surface area contributed by atoms with E-state index in [4.69, 9.17) is 0 Å². The first-order valence-electron chi connectivity index (χ1n) is 10.0. The van der Waals surface area contributed by atoms with E-state index in [9.17, 15) is 16.8 Å². The Hall–Kier alpha value is -3.22. The molecule has 5 rings (SSSR count). The van der Waals surface area contributed by atoms with Crippen LogP contribution in [-0.4, -0.2) is 16.8 Å². The highest BCUT2D eigenvalue weighted by molar-refractivity contribution is 7.92. The summed E-state index contributed by atoms with van der Waals surface area (Å²) in [5.41, 5.74) is 3.17. The van der Waals surface area contributed by atoms with Crippen molar-refractivity contribution >= 4 is 19.7 Å². The van der Waals surface area contributed by atoms with Gasteiger partial charge in [0.05, 0.1) is 19.6 Å². The molecule has 0 unspecified atom stereocenters. The lowest BCUT2D eigenvalue weighted by Gasteiger charge is -2.09. The van der Waals surface area contributed by atoms with Gasteiger partial charge in [-0.05, 0) is 49.2 Å². The van der Waals surface area contributed by atoms with Gasteiger partial charge in [-0.25, -0.2) is 16.8 Å². The van der Waals surface area contributed by atoms with Gasteiger partial charge in [-0.3, -0.25) is 0 Å². The molecular formula is C26H22O4S2. The maximum absolute atomic E-state index is 12.5. The van der Waals surface area contributed by atoms with Crippen molar-refractivity contribution in [3.63, 3.8) is 0 Å².